The Labute approximate surface area is 219 Å². The number of benzene rings is 1. The summed E-state index contributed by atoms with van der Waals surface area (Å²) in [5, 5.41) is 0. The number of pyridine rings is 2. The zero-order valence-corrected chi connectivity index (χ0v) is 21.8. The molecule has 4 heterocycles. The number of carbonyl (C=O) groups is 1. The Morgan fingerprint density at radius 1 is 1.08 bits per heavy atom. The molecule has 0 N–H and O–H groups in total. The van der Waals surface area contributed by atoms with Crippen LogP contribution in [0.5, 0.6) is 5.75 Å². The lowest BCUT2D eigenvalue weighted by Gasteiger charge is -2.43. The molecule has 0 aliphatic carbocycles. The van der Waals surface area contributed by atoms with Gasteiger partial charge in [0.1, 0.15) is 23.9 Å². The highest BCUT2D eigenvalue weighted by Gasteiger charge is 2.44. The van der Waals surface area contributed by atoms with Gasteiger partial charge in [-0.2, -0.15) is 0 Å². The number of nitrogens with zero attached hydrogens (tertiary/aromatic N) is 3. The van der Waals surface area contributed by atoms with Gasteiger partial charge in [-0.25, -0.2) is 13.8 Å². The van der Waals surface area contributed by atoms with Crippen LogP contribution >= 0.6 is 0 Å². The van der Waals surface area contributed by atoms with Gasteiger partial charge in [-0.3, -0.25) is 14.2 Å². The van der Waals surface area contributed by atoms with Gasteiger partial charge >= 0.3 is 0 Å². The van der Waals surface area contributed by atoms with Crippen molar-refractivity contribution in [1.29, 1.82) is 0 Å². The highest BCUT2D eigenvalue weighted by molar-refractivity contribution is 5.97. The Morgan fingerprint density at radius 3 is 2.47 bits per heavy atom. The van der Waals surface area contributed by atoms with Crippen molar-refractivity contribution >= 4 is 11.4 Å². The van der Waals surface area contributed by atoms with Crippen molar-refractivity contribution in [2.75, 3.05) is 13.2 Å². The summed E-state index contributed by atoms with van der Waals surface area (Å²) < 4.78 is 47.6. The maximum absolute atomic E-state index is 14.1. The Morgan fingerprint density at radius 2 is 1.79 bits per heavy atom. The molecule has 3 aromatic heterocycles. The van der Waals surface area contributed by atoms with E-state index in [1.807, 2.05) is 32.9 Å². The van der Waals surface area contributed by atoms with Gasteiger partial charge in [-0.15, -0.1) is 0 Å². The van der Waals surface area contributed by atoms with Crippen LogP contribution in [0.2, 0.25) is 0 Å². The molecule has 0 atom stereocenters. The van der Waals surface area contributed by atoms with Gasteiger partial charge in [0, 0.05) is 18.8 Å². The first-order chi connectivity index (χ1) is 18.1. The predicted octanol–water partition coefficient (Wildman–Crippen LogP) is 5.50. The number of aryl methyl sites for hydroxylation is 2. The van der Waals surface area contributed by atoms with Crippen LogP contribution in [0.15, 0.2) is 54.9 Å². The van der Waals surface area contributed by atoms with Crippen LogP contribution in [-0.2, 0) is 21.5 Å². The minimum Gasteiger partial charge on any atom is -0.485 e. The SMILES string of the molecule is Cc1ccnc(C2(CC(=O)c3c(C)nc4c(OCc5c(F)cccc5F)cccn34)COC(C)(C)OC2)c1. The monoisotopic (exact) mass is 521 g/mol. The van der Waals surface area contributed by atoms with Gasteiger partial charge in [0.05, 0.1) is 35.6 Å². The summed E-state index contributed by atoms with van der Waals surface area (Å²) in [6.07, 6.45) is 3.52. The minimum absolute atomic E-state index is 0.0830. The molecule has 0 spiro atoms. The average molecular weight is 522 g/mol. The van der Waals surface area contributed by atoms with Crippen LogP contribution < -0.4 is 4.74 Å². The van der Waals surface area contributed by atoms with Gasteiger partial charge in [0.15, 0.2) is 23.0 Å². The first kappa shape index (κ1) is 25.9. The van der Waals surface area contributed by atoms with Crippen LogP contribution in [0.3, 0.4) is 0 Å². The summed E-state index contributed by atoms with van der Waals surface area (Å²) in [5.41, 5.74) is 2.06. The van der Waals surface area contributed by atoms with Crippen molar-refractivity contribution in [3.05, 3.63) is 94.7 Å². The van der Waals surface area contributed by atoms with Crippen molar-refractivity contribution in [1.82, 2.24) is 14.4 Å². The number of Topliss-reactive ketones (excluding diaryl/α,β-unsaturated/α-hetero) is 1. The number of fused-ring (bicyclic) bond motifs is 1. The molecule has 5 rings (SSSR count). The van der Waals surface area contributed by atoms with E-state index >= 15 is 0 Å². The molecule has 1 aliphatic heterocycles. The first-order valence-corrected chi connectivity index (χ1v) is 12.4. The topological polar surface area (TPSA) is 75.0 Å². The highest BCUT2D eigenvalue weighted by Crippen LogP contribution is 2.37. The molecule has 9 heteroatoms. The predicted molar refractivity (Wildman–Crippen MR) is 136 cm³/mol. The third-order valence-corrected chi connectivity index (χ3v) is 6.84. The second-order valence-electron chi connectivity index (χ2n) is 10.2. The fourth-order valence-electron chi connectivity index (χ4n) is 4.69. The maximum atomic E-state index is 14.1. The Bertz CT molecular complexity index is 1480. The lowest BCUT2D eigenvalue weighted by molar-refractivity contribution is -0.269. The first-order valence-electron chi connectivity index (χ1n) is 12.4. The molecule has 0 radical (unpaired) electrons. The van der Waals surface area contributed by atoms with E-state index in [9.17, 15) is 13.6 Å². The number of rotatable bonds is 7. The third kappa shape index (κ3) is 4.91. The van der Waals surface area contributed by atoms with Crippen LogP contribution in [-0.4, -0.2) is 39.2 Å². The molecule has 1 fully saturated rings. The number of hydrogen-bond donors (Lipinski definition) is 0. The molecule has 7 nitrogen and oxygen atoms in total. The van der Waals surface area contributed by atoms with Crippen molar-refractivity contribution in [2.45, 2.75) is 51.9 Å². The fourth-order valence-corrected chi connectivity index (χ4v) is 4.69. The van der Waals surface area contributed by atoms with E-state index in [-0.39, 0.29) is 37.6 Å². The molecule has 1 aromatic carbocycles. The van der Waals surface area contributed by atoms with E-state index in [1.165, 1.54) is 18.2 Å². The molecule has 1 saturated heterocycles. The summed E-state index contributed by atoms with van der Waals surface area (Å²) in [6, 6.07) is 10.9. The quantitative estimate of drug-likeness (QED) is 0.299. The molecule has 198 valence electrons. The number of carbonyl (C=O) groups excluding carboxylic acids is 1. The standard InChI is InChI=1S/C29H29F2N3O4/c1-18-10-11-32-25(13-18)29(16-37-28(3,4)38-17-29)14-23(35)26-19(2)33-27-24(9-6-12-34(26)27)36-15-20-21(30)7-5-8-22(20)31/h5-13H,14-17H2,1-4H3. The second-order valence-corrected chi connectivity index (χ2v) is 10.2. The van der Waals surface area contributed by atoms with Gasteiger partial charge in [0.2, 0.25) is 0 Å². The normalized spacial score (nSPS) is 16.5. The largest absolute Gasteiger partial charge is 0.485 e. The number of halogens is 2. The Hall–Kier alpha value is -3.69. The van der Waals surface area contributed by atoms with Gasteiger partial charge in [-0.1, -0.05) is 6.07 Å². The summed E-state index contributed by atoms with van der Waals surface area (Å²) >= 11 is 0. The lowest BCUT2D eigenvalue weighted by Crippen LogP contribution is -2.50. The molecule has 0 amide bonds. The molecule has 38 heavy (non-hydrogen) atoms. The fraction of sp³-hybridized carbons (Fsp3) is 0.345. The van der Waals surface area contributed by atoms with E-state index in [0.717, 1.165) is 11.3 Å². The highest BCUT2D eigenvalue weighted by atomic mass is 19.1. The number of ketones is 1. The van der Waals surface area contributed by atoms with Crippen molar-refractivity contribution < 1.29 is 27.8 Å². The minimum atomic E-state index is -0.786. The van der Waals surface area contributed by atoms with Crippen molar-refractivity contribution in [2.24, 2.45) is 0 Å². The molecule has 0 bridgehead atoms. The molecule has 4 aromatic rings. The number of aromatic nitrogens is 3. The van der Waals surface area contributed by atoms with Gasteiger partial charge < -0.3 is 14.2 Å². The molecular formula is C29H29F2N3O4. The molecule has 0 saturated carbocycles. The van der Waals surface area contributed by atoms with Crippen LogP contribution in [0.25, 0.3) is 5.65 Å². The van der Waals surface area contributed by atoms with Gasteiger partial charge in [0.25, 0.3) is 0 Å². The van der Waals surface area contributed by atoms with E-state index < -0.39 is 22.8 Å². The summed E-state index contributed by atoms with van der Waals surface area (Å²) in [7, 11) is 0. The average Bonchev–Trinajstić information content (AvgIpc) is 3.22. The van der Waals surface area contributed by atoms with E-state index in [1.54, 1.807) is 35.9 Å². The third-order valence-electron chi connectivity index (χ3n) is 6.84. The Balaban J connectivity index is 1.47. The number of ether oxygens (including phenoxy) is 3. The summed E-state index contributed by atoms with van der Waals surface area (Å²) in [6.45, 7) is 7.60. The molecule has 1 aliphatic rings. The van der Waals surface area contributed by atoms with Crippen molar-refractivity contribution in [3.63, 3.8) is 0 Å². The zero-order chi connectivity index (χ0) is 27.1. The molecular weight excluding hydrogens is 492 g/mol. The maximum Gasteiger partial charge on any atom is 0.182 e. The Kier molecular flexibility index (Phi) is 6.75. The number of imidazole rings is 1. The van der Waals surface area contributed by atoms with Crippen LogP contribution in [0.4, 0.5) is 8.78 Å². The smallest absolute Gasteiger partial charge is 0.182 e. The van der Waals surface area contributed by atoms with Gasteiger partial charge in [-0.05, 0) is 69.7 Å². The lowest BCUT2D eigenvalue weighted by atomic mass is 9.78. The molecule has 0 unspecified atom stereocenters. The van der Waals surface area contributed by atoms with Crippen molar-refractivity contribution in [3.8, 4) is 5.75 Å². The number of hydrogen-bond acceptors (Lipinski definition) is 6. The van der Waals surface area contributed by atoms with E-state index in [0.29, 0.717) is 22.8 Å². The van der Waals surface area contributed by atoms with E-state index in [2.05, 4.69) is 9.97 Å². The van der Waals surface area contributed by atoms with Crippen LogP contribution in [0, 0.1) is 25.5 Å². The van der Waals surface area contributed by atoms with Crippen LogP contribution in [0.1, 0.15) is 53.3 Å². The summed E-state index contributed by atoms with van der Waals surface area (Å²) in [4.78, 5) is 23.0. The van der Waals surface area contributed by atoms with E-state index in [4.69, 9.17) is 14.2 Å². The second kappa shape index (κ2) is 9.89. The summed E-state index contributed by atoms with van der Waals surface area (Å²) in [5.74, 6) is -2.01. The zero-order valence-electron chi connectivity index (χ0n) is 21.8.